The van der Waals surface area contributed by atoms with Gasteiger partial charge in [0, 0.05) is 0 Å². The lowest BCUT2D eigenvalue weighted by atomic mass is 10.1. The van der Waals surface area contributed by atoms with Crippen molar-refractivity contribution in [3.05, 3.63) is 48.0 Å². The highest BCUT2D eigenvalue weighted by atomic mass is 16.7. The van der Waals surface area contributed by atoms with Gasteiger partial charge in [-0.2, -0.15) is 0 Å². The van der Waals surface area contributed by atoms with E-state index in [2.05, 4.69) is 18.7 Å². The Morgan fingerprint density at radius 1 is 1.15 bits per heavy atom. The molecular weight excluding hydrogens is 164 g/mol. The molecule has 0 aromatic heterocycles. The minimum absolute atomic E-state index is 0.271. The fraction of sp³-hybridized carbons (Fsp3) is 0.273. The molecule has 2 nitrogen and oxygen atoms in total. The largest absolute Gasteiger partial charge is 0.344 e. The van der Waals surface area contributed by atoms with Gasteiger partial charge < -0.3 is 9.47 Å². The molecule has 0 unspecified atom stereocenters. The molecule has 68 valence electrons. The molecule has 0 spiro atoms. The van der Waals surface area contributed by atoms with Crippen LogP contribution in [0.3, 0.4) is 0 Å². The van der Waals surface area contributed by atoms with E-state index < -0.39 is 0 Å². The summed E-state index contributed by atoms with van der Waals surface area (Å²) in [6, 6.07) is 8.14. The average molecular weight is 176 g/mol. The van der Waals surface area contributed by atoms with Crippen molar-refractivity contribution in [3.8, 4) is 0 Å². The van der Waals surface area contributed by atoms with Gasteiger partial charge in [-0.25, -0.2) is 0 Å². The van der Waals surface area contributed by atoms with Gasteiger partial charge >= 0.3 is 0 Å². The Bertz CT molecular complexity index is 280. The van der Waals surface area contributed by atoms with E-state index in [1.807, 2.05) is 12.1 Å². The van der Waals surface area contributed by atoms with Crippen LogP contribution in [0.2, 0.25) is 0 Å². The van der Waals surface area contributed by atoms with Crippen molar-refractivity contribution in [1.29, 1.82) is 0 Å². The first kappa shape index (κ1) is 8.48. The highest BCUT2D eigenvalue weighted by Crippen LogP contribution is 2.17. The summed E-state index contributed by atoms with van der Waals surface area (Å²) < 4.78 is 10.9. The molecule has 0 fully saturated rings. The summed E-state index contributed by atoms with van der Waals surface area (Å²) in [6.45, 7) is 4.85. The second-order valence-corrected chi connectivity index (χ2v) is 2.99. The Balaban J connectivity index is 2.21. The van der Waals surface area contributed by atoms with Crippen LogP contribution in [0, 0.1) is 0 Å². The van der Waals surface area contributed by atoms with Gasteiger partial charge in [0.25, 0.3) is 0 Å². The van der Waals surface area contributed by atoms with E-state index in [0.717, 1.165) is 0 Å². The maximum atomic E-state index is 5.44. The van der Waals surface area contributed by atoms with Crippen molar-refractivity contribution in [1.82, 2.24) is 0 Å². The minimum atomic E-state index is -0.271. The number of rotatable bonds is 1. The summed E-state index contributed by atoms with van der Waals surface area (Å²) in [5.41, 5.74) is 2.40. The molecule has 2 heteroatoms. The topological polar surface area (TPSA) is 18.5 Å². The molecule has 1 aromatic carbocycles. The fourth-order valence-corrected chi connectivity index (χ4v) is 1.37. The van der Waals surface area contributed by atoms with Gasteiger partial charge in [-0.15, -0.1) is 0 Å². The molecule has 13 heavy (non-hydrogen) atoms. The number of hydrogen-bond donors (Lipinski definition) is 0. The second-order valence-electron chi connectivity index (χ2n) is 2.99. The van der Waals surface area contributed by atoms with Crippen molar-refractivity contribution >= 4 is 0 Å². The van der Waals surface area contributed by atoms with Gasteiger partial charge in [-0.3, -0.25) is 0 Å². The average Bonchev–Trinajstić information content (AvgIpc) is 2.39. The summed E-state index contributed by atoms with van der Waals surface area (Å²) in [6.07, 6.45) is 1.40. The van der Waals surface area contributed by atoms with Crippen LogP contribution < -0.4 is 0 Å². The van der Waals surface area contributed by atoms with Crippen LogP contribution >= 0.6 is 0 Å². The second kappa shape index (κ2) is 3.73. The first-order valence-electron chi connectivity index (χ1n) is 4.32. The number of ether oxygens (including phenoxy) is 2. The molecule has 0 N–H and O–H groups in total. The summed E-state index contributed by atoms with van der Waals surface area (Å²) >= 11 is 0. The molecule has 0 radical (unpaired) electrons. The molecule has 0 amide bonds. The summed E-state index contributed by atoms with van der Waals surface area (Å²) in [4.78, 5) is 0. The maximum Gasteiger partial charge on any atom is 0.177 e. The van der Waals surface area contributed by atoms with E-state index in [1.54, 1.807) is 6.08 Å². The third-order valence-electron chi connectivity index (χ3n) is 2.12. The van der Waals surface area contributed by atoms with Crippen LogP contribution in [0.1, 0.15) is 11.1 Å². The van der Waals surface area contributed by atoms with Crippen LogP contribution in [0.4, 0.5) is 0 Å². The van der Waals surface area contributed by atoms with E-state index >= 15 is 0 Å². The smallest absolute Gasteiger partial charge is 0.177 e. The lowest BCUT2D eigenvalue weighted by Crippen LogP contribution is -2.09. The molecule has 1 aliphatic rings. The number of benzene rings is 1. The molecule has 0 bridgehead atoms. The van der Waals surface area contributed by atoms with Crippen LogP contribution in [0.25, 0.3) is 0 Å². The monoisotopic (exact) mass is 176 g/mol. The third kappa shape index (κ3) is 1.79. The van der Waals surface area contributed by atoms with Gasteiger partial charge in [0.05, 0.1) is 13.2 Å². The molecule has 1 aliphatic heterocycles. The first-order valence-corrected chi connectivity index (χ1v) is 4.32. The zero-order valence-corrected chi connectivity index (χ0v) is 7.40. The molecule has 0 saturated carbocycles. The SMILES string of the molecule is C=CC1OCc2ccccc2CO1. The quantitative estimate of drug-likeness (QED) is 0.611. The summed E-state index contributed by atoms with van der Waals surface area (Å²) in [5, 5.41) is 0. The van der Waals surface area contributed by atoms with Gasteiger partial charge in [0.1, 0.15) is 0 Å². The van der Waals surface area contributed by atoms with E-state index in [9.17, 15) is 0 Å². The Morgan fingerprint density at radius 2 is 1.69 bits per heavy atom. The molecule has 0 aliphatic carbocycles. The third-order valence-corrected chi connectivity index (χ3v) is 2.12. The van der Waals surface area contributed by atoms with E-state index in [4.69, 9.17) is 9.47 Å². The minimum Gasteiger partial charge on any atom is -0.344 e. The first-order chi connectivity index (χ1) is 6.40. The van der Waals surface area contributed by atoms with Crippen molar-refractivity contribution < 1.29 is 9.47 Å². The zero-order valence-electron chi connectivity index (χ0n) is 7.40. The van der Waals surface area contributed by atoms with E-state index in [1.165, 1.54) is 11.1 Å². The Morgan fingerprint density at radius 3 is 2.15 bits per heavy atom. The van der Waals surface area contributed by atoms with Crippen molar-refractivity contribution in [2.24, 2.45) is 0 Å². The molecule has 0 atom stereocenters. The zero-order chi connectivity index (χ0) is 9.10. The van der Waals surface area contributed by atoms with Gasteiger partial charge in [0.15, 0.2) is 6.29 Å². The van der Waals surface area contributed by atoms with Crippen LogP contribution in [0.5, 0.6) is 0 Å². The highest BCUT2D eigenvalue weighted by molar-refractivity contribution is 5.26. The maximum absolute atomic E-state index is 5.44. The van der Waals surface area contributed by atoms with Crippen LogP contribution in [-0.2, 0) is 22.7 Å². The summed E-state index contributed by atoms with van der Waals surface area (Å²) in [7, 11) is 0. The summed E-state index contributed by atoms with van der Waals surface area (Å²) in [5.74, 6) is 0. The standard InChI is InChI=1S/C11H12O2/c1-2-11-12-7-9-5-3-4-6-10(9)8-13-11/h2-6,11H,1,7-8H2. The van der Waals surface area contributed by atoms with Crippen molar-refractivity contribution in [3.63, 3.8) is 0 Å². The van der Waals surface area contributed by atoms with Crippen LogP contribution in [-0.4, -0.2) is 6.29 Å². The number of hydrogen-bond acceptors (Lipinski definition) is 2. The van der Waals surface area contributed by atoms with Crippen LogP contribution in [0.15, 0.2) is 36.9 Å². The molecule has 2 rings (SSSR count). The molecular formula is C11H12O2. The lowest BCUT2D eigenvalue weighted by molar-refractivity contribution is -0.117. The molecule has 0 saturated heterocycles. The Hall–Kier alpha value is -1.12. The van der Waals surface area contributed by atoms with Crippen molar-refractivity contribution in [2.45, 2.75) is 19.5 Å². The van der Waals surface area contributed by atoms with Gasteiger partial charge in [-0.1, -0.05) is 30.8 Å². The van der Waals surface area contributed by atoms with Gasteiger partial charge in [-0.05, 0) is 17.2 Å². The van der Waals surface area contributed by atoms with E-state index in [0.29, 0.717) is 13.2 Å². The Kier molecular flexibility index (Phi) is 2.43. The number of fused-ring (bicyclic) bond motifs is 1. The predicted molar refractivity (Wildman–Crippen MR) is 50.0 cm³/mol. The molecule has 1 aromatic rings. The molecule has 1 heterocycles. The highest BCUT2D eigenvalue weighted by Gasteiger charge is 2.12. The van der Waals surface area contributed by atoms with Crippen molar-refractivity contribution in [2.75, 3.05) is 0 Å². The lowest BCUT2D eigenvalue weighted by Gasteiger charge is -2.08. The fourth-order valence-electron chi connectivity index (χ4n) is 1.37. The Labute approximate surface area is 77.8 Å². The predicted octanol–water partition coefficient (Wildman–Crippen LogP) is 2.25. The van der Waals surface area contributed by atoms with Gasteiger partial charge in [0.2, 0.25) is 0 Å². The van der Waals surface area contributed by atoms with E-state index in [-0.39, 0.29) is 6.29 Å². The normalized spacial score (nSPS) is 17.5.